The van der Waals surface area contributed by atoms with E-state index in [1.54, 1.807) is 0 Å². The van der Waals surface area contributed by atoms with Crippen LogP contribution in [0.3, 0.4) is 0 Å². The fourth-order valence-electron chi connectivity index (χ4n) is 1.35. The molecule has 0 saturated heterocycles. The Kier molecular flexibility index (Phi) is 3.24. The molecule has 13 heavy (non-hydrogen) atoms. The van der Waals surface area contributed by atoms with E-state index in [-0.39, 0.29) is 0 Å². The third-order valence-electron chi connectivity index (χ3n) is 2.25. The van der Waals surface area contributed by atoms with Crippen molar-refractivity contribution >= 4 is 6.29 Å². The lowest BCUT2D eigenvalue weighted by Crippen LogP contribution is -1.93. The van der Waals surface area contributed by atoms with Crippen molar-refractivity contribution < 1.29 is 4.79 Å². The van der Waals surface area contributed by atoms with Crippen LogP contribution in [0.25, 0.3) is 0 Å². The van der Waals surface area contributed by atoms with Crippen molar-refractivity contribution in [1.82, 2.24) is 0 Å². The SMILES string of the molecule is CCc1cc(C=O)cc(C(C)C)c1. The van der Waals surface area contributed by atoms with Gasteiger partial charge in [0, 0.05) is 5.56 Å². The minimum Gasteiger partial charge on any atom is -0.298 e. The van der Waals surface area contributed by atoms with Crippen LogP contribution in [-0.4, -0.2) is 6.29 Å². The van der Waals surface area contributed by atoms with Crippen LogP contribution in [0.15, 0.2) is 18.2 Å². The molecule has 0 aliphatic heterocycles. The second-order valence-corrected chi connectivity index (χ2v) is 3.63. The number of aldehydes is 1. The fourth-order valence-corrected chi connectivity index (χ4v) is 1.35. The van der Waals surface area contributed by atoms with Gasteiger partial charge in [-0.25, -0.2) is 0 Å². The molecule has 0 aliphatic carbocycles. The molecule has 0 aliphatic rings. The van der Waals surface area contributed by atoms with Crippen molar-refractivity contribution in [3.05, 3.63) is 34.9 Å². The van der Waals surface area contributed by atoms with Gasteiger partial charge in [-0.05, 0) is 35.6 Å². The minimum atomic E-state index is 0.491. The van der Waals surface area contributed by atoms with Crippen LogP contribution >= 0.6 is 0 Å². The van der Waals surface area contributed by atoms with Gasteiger partial charge in [0.25, 0.3) is 0 Å². The highest BCUT2D eigenvalue weighted by molar-refractivity contribution is 5.75. The first-order chi connectivity index (χ1) is 6.17. The van der Waals surface area contributed by atoms with Crippen molar-refractivity contribution in [1.29, 1.82) is 0 Å². The summed E-state index contributed by atoms with van der Waals surface area (Å²) < 4.78 is 0. The number of rotatable bonds is 3. The third-order valence-corrected chi connectivity index (χ3v) is 2.25. The molecule has 0 fully saturated rings. The molecule has 0 atom stereocenters. The maximum absolute atomic E-state index is 10.6. The summed E-state index contributed by atoms with van der Waals surface area (Å²) >= 11 is 0. The van der Waals surface area contributed by atoms with Crippen molar-refractivity contribution in [2.45, 2.75) is 33.1 Å². The molecule has 1 nitrogen and oxygen atoms in total. The Morgan fingerprint density at radius 2 is 2.00 bits per heavy atom. The highest BCUT2D eigenvalue weighted by Crippen LogP contribution is 2.18. The maximum atomic E-state index is 10.6. The van der Waals surface area contributed by atoms with Gasteiger partial charge in [0.1, 0.15) is 6.29 Å². The molecule has 0 radical (unpaired) electrons. The van der Waals surface area contributed by atoms with Gasteiger partial charge in [-0.15, -0.1) is 0 Å². The van der Waals surface area contributed by atoms with Crippen LogP contribution < -0.4 is 0 Å². The van der Waals surface area contributed by atoms with Gasteiger partial charge in [-0.3, -0.25) is 4.79 Å². The van der Waals surface area contributed by atoms with E-state index >= 15 is 0 Å². The minimum absolute atomic E-state index is 0.491. The topological polar surface area (TPSA) is 17.1 Å². The Labute approximate surface area is 79.8 Å². The number of hydrogen-bond donors (Lipinski definition) is 0. The third kappa shape index (κ3) is 2.41. The van der Waals surface area contributed by atoms with Gasteiger partial charge in [0.05, 0.1) is 0 Å². The average Bonchev–Trinajstić information content (AvgIpc) is 2.16. The van der Waals surface area contributed by atoms with E-state index in [9.17, 15) is 4.79 Å². The first-order valence-electron chi connectivity index (χ1n) is 4.76. The lowest BCUT2D eigenvalue weighted by Gasteiger charge is -2.08. The Morgan fingerprint density at radius 3 is 2.46 bits per heavy atom. The Hall–Kier alpha value is -1.11. The molecule has 0 spiro atoms. The van der Waals surface area contributed by atoms with Crippen LogP contribution in [0.1, 0.15) is 48.2 Å². The molecule has 0 unspecified atom stereocenters. The van der Waals surface area contributed by atoms with E-state index in [1.807, 2.05) is 12.1 Å². The van der Waals surface area contributed by atoms with Gasteiger partial charge < -0.3 is 0 Å². The molecule has 0 saturated carbocycles. The van der Waals surface area contributed by atoms with Gasteiger partial charge in [0.15, 0.2) is 0 Å². The summed E-state index contributed by atoms with van der Waals surface area (Å²) in [5, 5.41) is 0. The predicted octanol–water partition coefficient (Wildman–Crippen LogP) is 3.18. The fraction of sp³-hybridized carbons (Fsp3) is 0.417. The van der Waals surface area contributed by atoms with E-state index in [1.165, 1.54) is 11.1 Å². The molecular formula is C12H16O. The summed E-state index contributed by atoms with van der Waals surface area (Å²) in [6.45, 7) is 6.39. The Bertz CT molecular complexity index is 300. The summed E-state index contributed by atoms with van der Waals surface area (Å²) in [6.07, 6.45) is 1.91. The highest BCUT2D eigenvalue weighted by atomic mass is 16.1. The molecule has 1 aromatic carbocycles. The molecule has 0 aromatic heterocycles. The molecule has 0 amide bonds. The van der Waals surface area contributed by atoms with Crippen molar-refractivity contribution in [3.63, 3.8) is 0 Å². The normalized spacial score (nSPS) is 10.5. The summed E-state index contributed by atoms with van der Waals surface area (Å²) in [6, 6.07) is 6.10. The lowest BCUT2D eigenvalue weighted by molar-refractivity contribution is 0.112. The molecule has 1 heteroatoms. The Balaban J connectivity index is 3.14. The number of aryl methyl sites for hydroxylation is 1. The van der Waals surface area contributed by atoms with E-state index in [0.29, 0.717) is 5.92 Å². The molecule has 70 valence electrons. The van der Waals surface area contributed by atoms with Crippen LogP contribution in [0.5, 0.6) is 0 Å². The number of carbonyl (C=O) groups excluding carboxylic acids is 1. The first-order valence-corrected chi connectivity index (χ1v) is 4.76. The molecule has 0 heterocycles. The van der Waals surface area contributed by atoms with Crippen LogP contribution in [0.2, 0.25) is 0 Å². The van der Waals surface area contributed by atoms with Crippen molar-refractivity contribution in [2.75, 3.05) is 0 Å². The van der Waals surface area contributed by atoms with E-state index < -0.39 is 0 Å². The van der Waals surface area contributed by atoms with Crippen LogP contribution in [-0.2, 0) is 6.42 Å². The summed E-state index contributed by atoms with van der Waals surface area (Å²) in [5.74, 6) is 0.491. The lowest BCUT2D eigenvalue weighted by atomic mass is 9.97. The smallest absolute Gasteiger partial charge is 0.150 e. The number of hydrogen-bond acceptors (Lipinski definition) is 1. The first kappa shape index (κ1) is 9.97. The number of benzene rings is 1. The van der Waals surface area contributed by atoms with Crippen molar-refractivity contribution in [2.24, 2.45) is 0 Å². The highest BCUT2D eigenvalue weighted by Gasteiger charge is 2.02. The van der Waals surface area contributed by atoms with Gasteiger partial charge in [-0.2, -0.15) is 0 Å². The summed E-state index contributed by atoms with van der Waals surface area (Å²) in [4.78, 5) is 10.6. The van der Waals surface area contributed by atoms with Gasteiger partial charge >= 0.3 is 0 Å². The molecule has 1 aromatic rings. The van der Waals surface area contributed by atoms with Crippen LogP contribution in [0.4, 0.5) is 0 Å². The molecule has 0 N–H and O–H groups in total. The molecular weight excluding hydrogens is 160 g/mol. The standard InChI is InChI=1S/C12H16O/c1-4-10-5-11(8-13)7-12(6-10)9(2)3/h5-9H,4H2,1-3H3. The van der Waals surface area contributed by atoms with Gasteiger partial charge in [-0.1, -0.05) is 26.8 Å². The monoisotopic (exact) mass is 176 g/mol. The van der Waals surface area contributed by atoms with Gasteiger partial charge in [0.2, 0.25) is 0 Å². The maximum Gasteiger partial charge on any atom is 0.150 e. The quantitative estimate of drug-likeness (QED) is 0.646. The summed E-state index contributed by atoms with van der Waals surface area (Å²) in [7, 11) is 0. The number of carbonyl (C=O) groups is 1. The van der Waals surface area contributed by atoms with Crippen LogP contribution in [0, 0.1) is 0 Å². The Morgan fingerprint density at radius 1 is 1.31 bits per heavy atom. The predicted molar refractivity (Wildman–Crippen MR) is 55.3 cm³/mol. The zero-order chi connectivity index (χ0) is 9.84. The van der Waals surface area contributed by atoms with E-state index in [0.717, 1.165) is 18.3 Å². The average molecular weight is 176 g/mol. The van der Waals surface area contributed by atoms with Crippen molar-refractivity contribution in [3.8, 4) is 0 Å². The largest absolute Gasteiger partial charge is 0.298 e. The second kappa shape index (κ2) is 4.22. The zero-order valence-electron chi connectivity index (χ0n) is 8.50. The zero-order valence-corrected chi connectivity index (χ0v) is 8.50. The second-order valence-electron chi connectivity index (χ2n) is 3.63. The summed E-state index contributed by atoms with van der Waals surface area (Å²) in [5.41, 5.74) is 3.29. The molecule has 0 bridgehead atoms. The molecule has 1 rings (SSSR count). The van der Waals surface area contributed by atoms with E-state index in [2.05, 4.69) is 26.8 Å². The van der Waals surface area contributed by atoms with E-state index in [4.69, 9.17) is 0 Å².